The van der Waals surface area contributed by atoms with Crippen LogP contribution in [0.15, 0.2) is 89.3 Å². The van der Waals surface area contributed by atoms with Gasteiger partial charge in [0, 0.05) is 30.7 Å². The summed E-state index contributed by atoms with van der Waals surface area (Å²) in [5.41, 5.74) is 3.37. The van der Waals surface area contributed by atoms with Crippen LogP contribution in [0, 0.1) is 5.82 Å². The first kappa shape index (κ1) is 52.1. The van der Waals surface area contributed by atoms with Crippen LogP contribution in [0.5, 0.6) is 11.5 Å². The molecule has 1 aliphatic carbocycles. The molecule has 0 atom stereocenters. The summed E-state index contributed by atoms with van der Waals surface area (Å²) in [6, 6.07) is 23.2. The van der Waals surface area contributed by atoms with Gasteiger partial charge in [-0.15, -0.1) is 0 Å². The van der Waals surface area contributed by atoms with Gasteiger partial charge in [-0.05, 0) is 99.2 Å². The minimum atomic E-state index is -3.73. The van der Waals surface area contributed by atoms with E-state index in [4.69, 9.17) is 37.6 Å². The summed E-state index contributed by atoms with van der Waals surface area (Å²) in [7, 11) is -2.21. The van der Waals surface area contributed by atoms with Crippen LogP contribution in [-0.4, -0.2) is 119 Å². The molecule has 1 heterocycles. The van der Waals surface area contributed by atoms with Gasteiger partial charge in [-0.25, -0.2) is 17.6 Å². The van der Waals surface area contributed by atoms with E-state index in [-0.39, 0.29) is 69.6 Å². The molecule has 15 nitrogen and oxygen atoms in total. The van der Waals surface area contributed by atoms with Crippen LogP contribution in [0.2, 0.25) is 0 Å². The van der Waals surface area contributed by atoms with E-state index in [1.807, 2.05) is 18.2 Å². The SMILES string of the molecule is CCCOCCOCCOc1ccccc1C(C)=O.CCOC(=O)c1ccccc1OCCOCCOCCN(c1cc2oc(-c3ccc(F)cc3)c(C(=O)NC)c2cc1C1CC1)S(C)(=O)=O. The number of ether oxygens (including phenoxy) is 7. The van der Waals surface area contributed by atoms with Crippen LogP contribution in [-0.2, 0) is 33.7 Å². The topological polar surface area (TPSA) is 178 Å². The number of Topliss-reactive ketones (excluding diaryl/α,β-unsaturated/α-hetero) is 1. The molecular weight excluding hydrogens is 888 g/mol. The highest BCUT2D eigenvalue weighted by atomic mass is 32.2. The third kappa shape index (κ3) is 15.6. The predicted octanol–water partition coefficient (Wildman–Crippen LogP) is 8.24. The quantitative estimate of drug-likeness (QED) is 0.0303. The number of amides is 1. The number of hydrogen-bond donors (Lipinski definition) is 1. The summed E-state index contributed by atoms with van der Waals surface area (Å²) in [6.07, 6.45) is 3.93. The van der Waals surface area contributed by atoms with Crippen molar-refractivity contribution in [2.24, 2.45) is 0 Å². The summed E-state index contributed by atoms with van der Waals surface area (Å²) in [6.45, 7) is 9.55. The fraction of sp³-hybridized carbons (Fsp3) is 0.420. The van der Waals surface area contributed by atoms with Crippen molar-refractivity contribution in [2.45, 2.75) is 46.0 Å². The zero-order valence-electron chi connectivity index (χ0n) is 38.8. The molecule has 0 bridgehead atoms. The molecule has 67 heavy (non-hydrogen) atoms. The van der Waals surface area contributed by atoms with Crippen molar-refractivity contribution < 1.29 is 64.8 Å². The van der Waals surface area contributed by atoms with E-state index in [2.05, 4.69) is 12.2 Å². The lowest BCUT2D eigenvalue weighted by Crippen LogP contribution is -2.34. The number of esters is 1. The van der Waals surface area contributed by atoms with E-state index in [0.717, 1.165) is 37.7 Å². The second kappa shape index (κ2) is 26.5. The molecule has 0 spiro atoms. The number of benzene rings is 4. The maximum absolute atomic E-state index is 13.7. The molecule has 0 saturated heterocycles. The van der Waals surface area contributed by atoms with Gasteiger partial charge in [0.15, 0.2) is 5.78 Å². The zero-order chi connectivity index (χ0) is 48.2. The van der Waals surface area contributed by atoms with Crippen molar-refractivity contribution in [1.82, 2.24) is 5.32 Å². The molecule has 0 unspecified atom stereocenters. The van der Waals surface area contributed by atoms with E-state index >= 15 is 0 Å². The number of halogens is 1. The Balaban J connectivity index is 0.000000371. The minimum Gasteiger partial charge on any atom is -0.490 e. The number of fused-ring (bicyclic) bond motifs is 1. The van der Waals surface area contributed by atoms with E-state index in [0.29, 0.717) is 76.8 Å². The van der Waals surface area contributed by atoms with Crippen LogP contribution in [0.3, 0.4) is 0 Å². The molecule has 1 fully saturated rings. The summed E-state index contributed by atoms with van der Waals surface area (Å²) < 4.78 is 85.5. The van der Waals surface area contributed by atoms with Crippen molar-refractivity contribution in [3.63, 3.8) is 0 Å². The maximum Gasteiger partial charge on any atom is 0.341 e. The summed E-state index contributed by atoms with van der Waals surface area (Å²) in [5.74, 6) is 0.183. The van der Waals surface area contributed by atoms with Crippen LogP contribution < -0.4 is 19.1 Å². The van der Waals surface area contributed by atoms with Gasteiger partial charge in [0.25, 0.3) is 5.91 Å². The summed E-state index contributed by atoms with van der Waals surface area (Å²) in [5, 5.41) is 3.20. The highest BCUT2D eigenvalue weighted by Crippen LogP contribution is 2.48. The molecule has 1 aliphatic rings. The van der Waals surface area contributed by atoms with Gasteiger partial charge in [-0.1, -0.05) is 31.2 Å². The van der Waals surface area contributed by atoms with Crippen LogP contribution in [0.4, 0.5) is 10.1 Å². The minimum absolute atomic E-state index is 0.00415. The van der Waals surface area contributed by atoms with Crippen molar-refractivity contribution >= 4 is 44.3 Å². The normalized spacial score (nSPS) is 12.3. The number of sulfonamides is 1. The number of furan rings is 1. The molecule has 0 radical (unpaired) electrons. The van der Waals surface area contributed by atoms with E-state index in [9.17, 15) is 27.2 Å². The molecule has 1 amide bonds. The van der Waals surface area contributed by atoms with Gasteiger partial charge in [0.05, 0.1) is 82.5 Å². The molecular formula is C50H61FN2O13S. The molecule has 5 aromatic rings. The molecule has 17 heteroatoms. The smallest absolute Gasteiger partial charge is 0.341 e. The number of nitrogens with one attached hydrogen (secondary N) is 1. The molecule has 1 N–H and O–H groups in total. The summed E-state index contributed by atoms with van der Waals surface area (Å²) >= 11 is 0. The number of carbonyl (C=O) groups is 3. The average Bonchev–Trinajstić information content (AvgIpc) is 4.10. The number of hydrogen-bond acceptors (Lipinski definition) is 13. The van der Waals surface area contributed by atoms with E-state index in [1.54, 1.807) is 49.4 Å². The highest BCUT2D eigenvalue weighted by Gasteiger charge is 2.33. The number of carbonyl (C=O) groups excluding carboxylic acids is 3. The average molecular weight is 949 g/mol. The van der Waals surface area contributed by atoms with Crippen LogP contribution in [0.1, 0.15) is 82.6 Å². The lowest BCUT2D eigenvalue weighted by molar-refractivity contribution is 0.0365. The van der Waals surface area contributed by atoms with Crippen molar-refractivity contribution in [3.8, 4) is 22.8 Å². The fourth-order valence-electron chi connectivity index (χ4n) is 6.92. The Morgan fingerprint density at radius 1 is 0.746 bits per heavy atom. The molecule has 362 valence electrons. The van der Waals surface area contributed by atoms with E-state index in [1.165, 1.54) is 42.5 Å². The first-order valence-corrected chi connectivity index (χ1v) is 24.2. The molecule has 0 aliphatic heterocycles. The largest absolute Gasteiger partial charge is 0.490 e. The standard InChI is InChI=1S/C35H39FN2O9S.C15H22O4/c1-4-45-35(40)26-7-5-6-8-30(26)46-20-19-44-18-17-43-16-15-38(48(3,41)42)29-22-31-28(21-27(29)23-9-10-23)32(34(39)37-2)33(47-31)24-11-13-25(36)14-12-24;1-3-8-17-9-10-18-11-12-19-15-7-5-4-6-14(15)13(2)16/h5-8,11-14,21-23H,4,9-10,15-20H2,1-3H3,(H,37,39);4-7H,3,8-12H2,1-2H3. The number of rotatable bonds is 27. The molecule has 1 saturated carbocycles. The first-order valence-electron chi connectivity index (χ1n) is 22.4. The first-order chi connectivity index (χ1) is 32.4. The van der Waals surface area contributed by atoms with E-state index < -0.39 is 21.8 Å². The summed E-state index contributed by atoms with van der Waals surface area (Å²) in [4.78, 5) is 36.5. The number of nitrogens with zero attached hydrogens (tertiary/aromatic N) is 1. The van der Waals surface area contributed by atoms with Gasteiger partial charge >= 0.3 is 5.97 Å². The van der Waals surface area contributed by atoms with Gasteiger partial charge in [-0.3, -0.25) is 13.9 Å². The van der Waals surface area contributed by atoms with Crippen molar-refractivity contribution in [3.05, 3.63) is 113 Å². The Labute approximate surface area is 391 Å². The number of anilines is 1. The number of ketones is 1. The predicted molar refractivity (Wildman–Crippen MR) is 253 cm³/mol. The van der Waals surface area contributed by atoms with Crippen LogP contribution >= 0.6 is 0 Å². The Morgan fingerprint density at radius 2 is 1.30 bits per heavy atom. The molecule has 4 aromatic carbocycles. The van der Waals surface area contributed by atoms with Gasteiger partial charge < -0.3 is 42.9 Å². The Kier molecular flexibility index (Phi) is 20.6. The van der Waals surface area contributed by atoms with Gasteiger partial charge in [0.1, 0.15) is 47.4 Å². The second-order valence-corrected chi connectivity index (χ2v) is 17.2. The van der Waals surface area contributed by atoms with Crippen molar-refractivity contribution in [1.29, 1.82) is 0 Å². The molecule has 1 aromatic heterocycles. The fourth-order valence-corrected chi connectivity index (χ4v) is 7.84. The number of para-hydroxylation sites is 2. The lowest BCUT2D eigenvalue weighted by atomic mass is 10.0. The van der Waals surface area contributed by atoms with Crippen molar-refractivity contribution in [2.75, 3.05) is 96.8 Å². The maximum atomic E-state index is 13.7. The Bertz CT molecular complexity index is 2490. The Hall–Kier alpha value is -5.85. The Morgan fingerprint density at radius 3 is 1.85 bits per heavy atom. The third-order valence-corrected chi connectivity index (χ3v) is 11.4. The lowest BCUT2D eigenvalue weighted by Gasteiger charge is -2.25. The third-order valence-electron chi connectivity index (χ3n) is 10.2. The highest BCUT2D eigenvalue weighted by molar-refractivity contribution is 7.92. The second-order valence-electron chi connectivity index (χ2n) is 15.3. The monoisotopic (exact) mass is 948 g/mol. The zero-order valence-corrected chi connectivity index (χ0v) is 39.6. The van der Waals surface area contributed by atoms with Gasteiger partial charge in [-0.2, -0.15) is 0 Å². The van der Waals surface area contributed by atoms with Crippen LogP contribution in [0.25, 0.3) is 22.3 Å². The molecule has 6 rings (SSSR count). The van der Waals surface area contributed by atoms with Gasteiger partial charge in [0.2, 0.25) is 10.0 Å².